The highest BCUT2D eigenvalue weighted by molar-refractivity contribution is 5.83. The quantitative estimate of drug-likeness (QED) is 0.718. The Bertz CT molecular complexity index is 253. The second kappa shape index (κ2) is 3.98. The standard InChI is InChI=1S/C10H18N2O2/c1-3-4-8(13)12-6-5-10(2,7-12)9(11)14/h3-7H2,1-2H3,(H2,11,14). The van der Waals surface area contributed by atoms with Gasteiger partial charge in [0.05, 0.1) is 5.41 Å². The van der Waals surface area contributed by atoms with Gasteiger partial charge in [-0.05, 0) is 19.8 Å². The highest BCUT2D eigenvalue weighted by Gasteiger charge is 2.40. The second-order valence-corrected chi connectivity index (χ2v) is 4.24. The molecule has 0 saturated carbocycles. The van der Waals surface area contributed by atoms with Gasteiger partial charge in [-0.3, -0.25) is 9.59 Å². The van der Waals surface area contributed by atoms with Crippen molar-refractivity contribution in [1.29, 1.82) is 0 Å². The van der Waals surface area contributed by atoms with Gasteiger partial charge >= 0.3 is 0 Å². The van der Waals surface area contributed by atoms with Crippen LogP contribution < -0.4 is 5.73 Å². The predicted molar refractivity (Wildman–Crippen MR) is 53.4 cm³/mol. The number of rotatable bonds is 3. The first-order valence-electron chi connectivity index (χ1n) is 5.07. The molecule has 1 aliphatic rings. The number of carbonyl (C=O) groups excluding carboxylic acids is 2. The van der Waals surface area contributed by atoms with Gasteiger partial charge in [0, 0.05) is 19.5 Å². The number of primary amides is 1. The molecule has 14 heavy (non-hydrogen) atoms. The van der Waals surface area contributed by atoms with E-state index >= 15 is 0 Å². The molecule has 0 bridgehead atoms. The zero-order valence-corrected chi connectivity index (χ0v) is 8.88. The molecule has 0 aromatic rings. The summed E-state index contributed by atoms with van der Waals surface area (Å²) in [5.41, 5.74) is 4.78. The average Bonchev–Trinajstić information content (AvgIpc) is 2.50. The molecule has 1 aliphatic heterocycles. The van der Waals surface area contributed by atoms with E-state index in [-0.39, 0.29) is 11.8 Å². The van der Waals surface area contributed by atoms with E-state index in [1.54, 1.807) is 4.90 Å². The Morgan fingerprint density at radius 2 is 2.14 bits per heavy atom. The fourth-order valence-electron chi connectivity index (χ4n) is 1.75. The van der Waals surface area contributed by atoms with Gasteiger partial charge < -0.3 is 10.6 Å². The van der Waals surface area contributed by atoms with E-state index in [1.165, 1.54) is 0 Å². The third-order valence-electron chi connectivity index (χ3n) is 2.88. The summed E-state index contributed by atoms with van der Waals surface area (Å²) in [6.45, 7) is 4.95. The van der Waals surface area contributed by atoms with Crippen molar-refractivity contribution in [3.8, 4) is 0 Å². The molecule has 1 fully saturated rings. The topological polar surface area (TPSA) is 63.4 Å². The summed E-state index contributed by atoms with van der Waals surface area (Å²) in [5, 5.41) is 0. The Morgan fingerprint density at radius 3 is 2.57 bits per heavy atom. The summed E-state index contributed by atoms with van der Waals surface area (Å²) < 4.78 is 0. The van der Waals surface area contributed by atoms with Crippen molar-refractivity contribution in [2.75, 3.05) is 13.1 Å². The number of nitrogens with zero attached hydrogens (tertiary/aromatic N) is 1. The maximum atomic E-state index is 11.5. The van der Waals surface area contributed by atoms with E-state index in [0.717, 1.165) is 6.42 Å². The molecule has 80 valence electrons. The Labute approximate surface area is 84.4 Å². The van der Waals surface area contributed by atoms with Crippen LogP contribution in [0.3, 0.4) is 0 Å². The average molecular weight is 198 g/mol. The zero-order chi connectivity index (χ0) is 10.8. The minimum absolute atomic E-state index is 0.137. The molecule has 1 saturated heterocycles. The normalized spacial score (nSPS) is 26.6. The number of nitrogens with two attached hydrogens (primary N) is 1. The van der Waals surface area contributed by atoms with E-state index in [9.17, 15) is 9.59 Å². The first kappa shape index (κ1) is 11.0. The number of carbonyl (C=O) groups is 2. The summed E-state index contributed by atoms with van der Waals surface area (Å²) in [6.07, 6.45) is 2.11. The summed E-state index contributed by atoms with van der Waals surface area (Å²) in [4.78, 5) is 24.4. The van der Waals surface area contributed by atoms with Crippen LogP contribution in [0, 0.1) is 5.41 Å². The van der Waals surface area contributed by atoms with E-state index in [1.807, 2.05) is 13.8 Å². The molecule has 4 nitrogen and oxygen atoms in total. The van der Waals surface area contributed by atoms with Crippen LogP contribution in [0.15, 0.2) is 0 Å². The van der Waals surface area contributed by atoms with Crippen molar-refractivity contribution in [3.05, 3.63) is 0 Å². The van der Waals surface area contributed by atoms with Crippen molar-refractivity contribution in [3.63, 3.8) is 0 Å². The van der Waals surface area contributed by atoms with E-state index in [0.29, 0.717) is 25.9 Å². The van der Waals surface area contributed by atoms with Crippen molar-refractivity contribution < 1.29 is 9.59 Å². The third kappa shape index (κ3) is 2.05. The summed E-state index contributed by atoms with van der Waals surface area (Å²) in [7, 11) is 0. The van der Waals surface area contributed by atoms with Crippen LogP contribution in [0.1, 0.15) is 33.1 Å². The maximum absolute atomic E-state index is 11.5. The van der Waals surface area contributed by atoms with Gasteiger partial charge in [0.1, 0.15) is 0 Å². The highest BCUT2D eigenvalue weighted by Crippen LogP contribution is 2.29. The molecule has 2 N–H and O–H groups in total. The lowest BCUT2D eigenvalue weighted by Crippen LogP contribution is -2.38. The van der Waals surface area contributed by atoms with E-state index in [4.69, 9.17) is 5.73 Å². The zero-order valence-electron chi connectivity index (χ0n) is 8.88. The van der Waals surface area contributed by atoms with Gasteiger partial charge in [0.2, 0.25) is 11.8 Å². The van der Waals surface area contributed by atoms with Gasteiger partial charge in [-0.2, -0.15) is 0 Å². The lowest BCUT2D eigenvalue weighted by atomic mass is 9.89. The first-order chi connectivity index (χ1) is 6.49. The van der Waals surface area contributed by atoms with Crippen LogP contribution in [-0.4, -0.2) is 29.8 Å². The molecule has 1 unspecified atom stereocenters. The summed E-state index contributed by atoms with van der Waals surface area (Å²) >= 11 is 0. The monoisotopic (exact) mass is 198 g/mol. The Kier molecular flexibility index (Phi) is 3.13. The van der Waals surface area contributed by atoms with Crippen molar-refractivity contribution in [1.82, 2.24) is 4.90 Å². The van der Waals surface area contributed by atoms with Gasteiger partial charge in [0.15, 0.2) is 0 Å². The number of amides is 2. The van der Waals surface area contributed by atoms with Crippen LogP contribution >= 0.6 is 0 Å². The van der Waals surface area contributed by atoms with Crippen molar-refractivity contribution in [2.24, 2.45) is 11.1 Å². The molecule has 2 amide bonds. The molecule has 0 aliphatic carbocycles. The molecule has 0 aromatic heterocycles. The Balaban J connectivity index is 2.56. The first-order valence-corrected chi connectivity index (χ1v) is 5.07. The minimum atomic E-state index is -0.511. The van der Waals surface area contributed by atoms with Crippen molar-refractivity contribution in [2.45, 2.75) is 33.1 Å². The third-order valence-corrected chi connectivity index (χ3v) is 2.88. The van der Waals surface area contributed by atoms with Crippen LogP contribution in [0.2, 0.25) is 0 Å². The molecular weight excluding hydrogens is 180 g/mol. The van der Waals surface area contributed by atoms with Crippen LogP contribution in [-0.2, 0) is 9.59 Å². The highest BCUT2D eigenvalue weighted by atomic mass is 16.2. The van der Waals surface area contributed by atoms with Crippen LogP contribution in [0.25, 0.3) is 0 Å². The van der Waals surface area contributed by atoms with E-state index < -0.39 is 5.41 Å². The van der Waals surface area contributed by atoms with E-state index in [2.05, 4.69) is 0 Å². The SMILES string of the molecule is CCCC(=O)N1CCC(C)(C(N)=O)C1. The fraction of sp³-hybridized carbons (Fsp3) is 0.800. The maximum Gasteiger partial charge on any atom is 0.225 e. The lowest BCUT2D eigenvalue weighted by Gasteiger charge is -2.20. The minimum Gasteiger partial charge on any atom is -0.369 e. The molecular formula is C10H18N2O2. The molecule has 0 spiro atoms. The number of likely N-dealkylation sites (tertiary alicyclic amines) is 1. The van der Waals surface area contributed by atoms with Gasteiger partial charge in [-0.15, -0.1) is 0 Å². The largest absolute Gasteiger partial charge is 0.369 e. The molecule has 0 aromatic carbocycles. The Morgan fingerprint density at radius 1 is 1.50 bits per heavy atom. The molecule has 1 heterocycles. The fourth-order valence-corrected chi connectivity index (χ4v) is 1.75. The molecule has 4 heteroatoms. The van der Waals surface area contributed by atoms with Gasteiger partial charge in [0.25, 0.3) is 0 Å². The van der Waals surface area contributed by atoms with Crippen molar-refractivity contribution >= 4 is 11.8 Å². The Hall–Kier alpha value is -1.06. The second-order valence-electron chi connectivity index (χ2n) is 4.24. The summed E-state index contributed by atoms with van der Waals surface area (Å²) in [6, 6.07) is 0. The molecule has 0 radical (unpaired) electrons. The molecule has 1 rings (SSSR count). The summed E-state index contributed by atoms with van der Waals surface area (Å²) in [5.74, 6) is -0.165. The number of hydrogen-bond acceptors (Lipinski definition) is 2. The molecule has 1 atom stereocenters. The smallest absolute Gasteiger partial charge is 0.225 e. The van der Waals surface area contributed by atoms with Crippen LogP contribution in [0.4, 0.5) is 0 Å². The lowest BCUT2D eigenvalue weighted by molar-refractivity contribution is -0.131. The number of hydrogen-bond donors (Lipinski definition) is 1. The van der Waals surface area contributed by atoms with Gasteiger partial charge in [-0.25, -0.2) is 0 Å². The van der Waals surface area contributed by atoms with Gasteiger partial charge in [-0.1, -0.05) is 6.92 Å². The van der Waals surface area contributed by atoms with Crippen LogP contribution in [0.5, 0.6) is 0 Å². The predicted octanol–water partition coefficient (Wildman–Crippen LogP) is 0.510.